The van der Waals surface area contributed by atoms with Crippen LogP contribution in [0.5, 0.6) is 11.5 Å². The molecule has 39 heavy (non-hydrogen) atoms. The lowest BCUT2D eigenvalue weighted by Crippen LogP contribution is -2.35. The van der Waals surface area contributed by atoms with Crippen molar-refractivity contribution in [3.05, 3.63) is 53.9 Å². The number of carbonyl (C=O) groups is 2. The molecule has 1 saturated heterocycles. The highest BCUT2D eigenvalue weighted by Gasteiger charge is 2.26. The monoisotopic (exact) mass is 571 g/mol. The summed E-state index contributed by atoms with van der Waals surface area (Å²) in [5.74, 6) is 1.63. The fourth-order valence-corrected chi connectivity index (χ4v) is 6.85. The Morgan fingerprint density at radius 3 is 2.49 bits per heavy atom. The van der Waals surface area contributed by atoms with Crippen molar-refractivity contribution in [1.29, 1.82) is 0 Å². The Balaban J connectivity index is 1.31. The molecule has 1 fully saturated rings. The predicted molar refractivity (Wildman–Crippen MR) is 144 cm³/mol. The molecule has 0 spiro atoms. The first-order valence-corrected chi connectivity index (χ1v) is 15.1. The number of piperidine rings is 1. The van der Waals surface area contributed by atoms with E-state index >= 15 is 0 Å². The molecule has 1 amide bonds. The van der Waals surface area contributed by atoms with Crippen LogP contribution in [0.1, 0.15) is 42.4 Å². The number of thioether (sulfide) groups is 1. The van der Waals surface area contributed by atoms with E-state index < -0.39 is 10.0 Å². The van der Waals surface area contributed by atoms with Gasteiger partial charge < -0.3 is 14.8 Å². The molecule has 5 rings (SSSR count). The Kier molecular flexibility index (Phi) is 8.19. The zero-order valence-corrected chi connectivity index (χ0v) is 23.1. The van der Waals surface area contributed by atoms with Crippen LogP contribution in [0.15, 0.2) is 52.5 Å². The van der Waals surface area contributed by atoms with Gasteiger partial charge in [0, 0.05) is 44.6 Å². The Morgan fingerprint density at radius 2 is 1.74 bits per heavy atom. The topological polar surface area (TPSA) is 133 Å². The van der Waals surface area contributed by atoms with E-state index in [1.54, 1.807) is 18.2 Å². The molecule has 206 valence electrons. The Labute approximate surface area is 230 Å². The number of nitrogens with zero attached hydrogens (tertiary/aromatic N) is 4. The van der Waals surface area contributed by atoms with Gasteiger partial charge in [-0.15, -0.1) is 10.2 Å². The molecule has 13 heteroatoms. The number of fused-ring (bicyclic) bond motifs is 1. The number of benzene rings is 2. The molecular formula is C26H29N5O6S2. The number of Topliss-reactive ketones (excluding diaryl/α,β-unsaturated/α-hetero) is 1. The largest absolute Gasteiger partial charge is 0.454 e. The van der Waals surface area contributed by atoms with E-state index in [1.165, 1.54) is 35.1 Å². The predicted octanol–water partition coefficient (Wildman–Crippen LogP) is 2.82. The molecule has 1 aromatic heterocycles. The highest BCUT2D eigenvalue weighted by Crippen LogP contribution is 2.35. The maximum absolute atomic E-state index is 13.0. The van der Waals surface area contributed by atoms with Gasteiger partial charge in [0.25, 0.3) is 0 Å². The van der Waals surface area contributed by atoms with E-state index in [4.69, 9.17) is 9.47 Å². The fourth-order valence-electron chi connectivity index (χ4n) is 4.47. The van der Waals surface area contributed by atoms with Crippen molar-refractivity contribution < 1.29 is 27.5 Å². The van der Waals surface area contributed by atoms with Crippen LogP contribution in [0, 0.1) is 0 Å². The minimum atomic E-state index is -3.56. The van der Waals surface area contributed by atoms with Crippen molar-refractivity contribution in [2.75, 3.05) is 32.2 Å². The molecule has 0 radical (unpaired) electrons. The van der Waals surface area contributed by atoms with Gasteiger partial charge in [-0.1, -0.05) is 30.3 Å². The summed E-state index contributed by atoms with van der Waals surface area (Å²) < 4.78 is 40.1. The molecule has 0 bridgehead atoms. The van der Waals surface area contributed by atoms with Gasteiger partial charge in [0.2, 0.25) is 22.7 Å². The van der Waals surface area contributed by atoms with Gasteiger partial charge in [-0.3, -0.25) is 14.2 Å². The third-order valence-corrected chi connectivity index (χ3v) is 9.34. The average molecular weight is 572 g/mol. The normalized spacial score (nSPS) is 15.3. The van der Waals surface area contributed by atoms with Gasteiger partial charge in [-0.2, -0.15) is 4.31 Å². The smallest absolute Gasteiger partial charge is 0.243 e. The number of sulfonamides is 1. The van der Waals surface area contributed by atoms with Crippen LogP contribution < -0.4 is 14.8 Å². The number of amides is 1. The third kappa shape index (κ3) is 6.10. The number of hydrogen-bond acceptors (Lipinski definition) is 9. The second-order valence-electron chi connectivity index (χ2n) is 9.21. The second-order valence-corrected chi connectivity index (χ2v) is 12.1. The quantitative estimate of drug-likeness (QED) is 0.288. The minimum absolute atomic E-state index is 0.0760. The Bertz CT molecular complexity index is 1470. The molecule has 0 atom stereocenters. The molecule has 3 heterocycles. The first-order valence-electron chi connectivity index (χ1n) is 12.7. The number of aromatic nitrogens is 3. The summed E-state index contributed by atoms with van der Waals surface area (Å²) in [5, 5.41) is 11.9. The van der Waals surface area contributed by atoms with Gasteiger partial charge >= 0.3 is 0 Å². The molecule has 11 nitrogen and oxygen atoms in total. The van der Waals surface area contributed by atoms with Crippen LogP contribution in [-0.2, 0) is 21.2 Å². The number of ketones is 1. The van der Waals surface area contributed by atoms with Crippen LogP contribution in [-0.4, -0.2) is 71.4 Å². The summed E-state index contributed by atoms with van der Waals surface area (Å²) >= 11 is 1.23. The van der Waals surface area contributed by atoms with Gasteiger partial charge in [-0.25, -0.2) is 8.42 Å². The second kappa shape index (κ2) is 11.8. The van der Waals surface area contributed by atoms with Gasteiger partial charge in [-0.05, 0) is 37.1 Å². The summed E-state index contributed by atoms with van der Waals surface area (Å²) in [7, 11) is -3.56. The average Bonchev–Trinajstić information content (AvgIpc) is 3.58. The van der Waals surface area contributed by atoms with Crippen molar-refractivity contribution in [3.63, 3.8) is 0 Å². The van der Waals surface area contributed by atoms with E-state index in [9.17, 15) is 18.0 Å². The molecule has 0 saturated carbocycles. The molecular weight excluding hydrogens is 542 g/mol. The van der Waals surface area contributed by atoms with Crippen molar-refractivity contribution in [3.8, 4) is 17.2 Å². The van der Waals surface area contributed by atoms with Crippen LogP contribution >= 0.6 is 11.8 Å². The van der Waals surface area contributed by atoms with Gasteiger partial charge in [0.1, 0.15) is 5.82 Å². The van der Waals surface area contributed by atoms with E-state index in [2.05, 4.69) is 15.5 Å². The molecule has 3 aromatic rings. The lowest BCUT2D eigenvalue weighted by molar-refractivity contribution is -0.118. The molecule has 0 aliphatic carbocycles. The summed E-state index contributed by atoms with van der Waals surface area (Å²) in [6.45, 7) is 3.02. The summed E-state index contributed by atoms with van der Waals surface area (Å²) in [5.41, 5.74) is 1.16. The number of rotatable bonds is 10. The van der Waals surface area contributed by atoms with Crippen LogP contribution in [0.25, 0.3) is 5.69 Å². The van der Waals surface area contributed by atoms with Gasteiger partial charge in [0.15, 0.2) is 22.4 Å². The van der Waals surface area contributed by atoms with Crippen molar-refractivity contribution in [1.82, 2.24) is 24.4 Å². The Hall–Kier alpha value is -3.42. The minimum Gasteiger partial charge on any atom is -0.454 e. The molecule has 2 aliphatic rings. The van der Waals surface area contributed by atoms with E-state index in [0.717, 1.165) is 24.9 Å². The third-order valence-electron chi connectivity index (χ3n) is 6.50. The summed E-state index contributed by atoms with van der Waals surface area (Å²) in [6, 6.07) is 11.6. The summed E-state index contributed by atoms with van der Waals surface area (Å²) in [4.78, 5) is 24.5. The zero-order chi connectivity index (χ0) is 27.4. The fraction of sp³-hybridized carbons (Fsp3) is 0.385. The number of nitrogens with one attached hydrogen (secondary N) is 1. The molecule has 2 aromatic carbocycles. The number of hydrogen-bond donors (Lipinski definition) is 1. The lowest BCUT2D eigenvalue weighted by Gasteiger charge is -2.25. The number of carbonyl (C=O) groups excluding carboxylic acids is 2. The van der Waals surface area contributed by atoms with E-state index in [1.807, 2.05) is 16.7 Å². The highest BCUT2D eigenvalue weighted by atomic mass is 32.2. The maximum atomic E-state index is 13.0. The van der Waals surface area contributed by atoms with Gasteiger partial charge in [0.05, 0.1) is 16.3 Å². The standard InChI is InChI=1S/C26H29N5O6S2/c1-18(32)27-12-11-25-28-29-26(31(25)20-7-10-23-24(15-20)37-17-36-23)38-16-22(33)19-5-8-21(9-6-19)39(34,35)30-13-3-2-4-14-30/h5-10,15H,2-4,11-14,16-17H2,1H3,(H,27,32). The molecule has 2 aliphatic heterocycles. The number of ether oxygens (including phenoxy) is 2. The lowest BCUT2D eigenvalue weighted by atomic mass is 10.1. The van der Waals surface area contributed by atoms with Crippen LogP contribution in [0.4, 0.5) is 0 Å². The summed E-state index contributed by atoms with van der Waals surface area (Å²) in [6.07, 6.45) is 3.19. The van der Waals surface area contributed by atoms with Crippen molar-refractivity contribution in [2.45, 2.75) is 42.7 Å². The van der Waals surface area contributed by atoms with Crippen molar-refractivity contribution >= 4 is 33.5 Å². The van der Waals surface area contributed by atoms with Crippen molar-refractivity contribution in [2.24, 2.45) is 0 Å². The van der Waals surface area contributed by atoms with Crippen LogP contribution in [0.2, 0.25) is 0 Å². The highest BCUT2D eigenvalue weighted by molar-refractivity contribution is 7.99. The van der Waals surface area contributed by atoms with Crippen LogP contribution in [0.3, 0.4) is 0 Å². The SMILES string of the molecule is CC(=O)NCCc1nnc(SCC(=O)c2ccc(S(=O)(=O)N3CCCCC3)cc2)n1-c1ccc2c(c1)OCO2. The molecule has 0 unspecified atom stereocenters. The maximum Gasteiger partial charge on any atom is 0.243 e. The molecule has 1 N–H and O–H groups in total. The first-order chi connectivity index (χ1) is 18.8. The Morgan fingerprint density at radius 1 is 1.00 bits per heavy atom. The van der Waals surface area contributed by atoms with E-state index in [0.29, 0.717) is 54.1 Å². The first kappa shape index (κ1) is 27.2. The zero-order valence-electron chi connectivity index (χ0n) is 21.5. The van der Waals surface area contributed by atoms with E-state index in [-0.39, 0.29) is 29.1 Å².